The first-order valence-electron chi connectivity index (χ1n) is 9.80. The first-order chi connectivity index (χ1) is 14.8. The average Bonchev–Trinajstić information content (AvgIpc) is 3.08. The van der Waals surface area contributed by atoms with E-state index in [0.29, 0.717) is 9.80 Å². The number of hydrogen-bond donors (Lipinski definition) is 2. The van der Waals surface area contributed by atoms with Crippen molar-refractivity contribution in [2.45, 2.75) is 51.0 Å². The third kappa shape index (κ3) is 4.66. The molecule has 1 saturated heterocycles. The van der Waals surface area contributed by atoms with E-state index in [1.165, 1.54) is 6.92 Å². The Labute approximate surface area is 182 Å². The van der Waals surface area contributed by atoms with Crippen molar-refractivity contribution < 1.29 is 46.1 Å². The first-order valence-corrected chi connectivity index (χ1v) is 10.6. The predicted molar refractivity (Wildman–Crippen MR) is 101 cm³/mol. The van der Waals surface area contributed by atoms with Gasteiger partial charge in [-0.2, -0.15) is 26.3 Å². The van der Waals surface area contributed by atoms with Gasteiger partial charge in [-0.1, -0.05) is 0 Å². The summed E-state index contributed by atoms with van der Waals surface area (Å²) in [5, 5.41) is 19.5. The molecule has 32 heavy (non-hydrogen) atoms. The van der Waals surface area contributed by atoms with Gasteiger partial charge >= 0.3 is 12.4 Å². The zero-order chi connectivity index (χ0) is 24.0. The molecule has 7 nitrogen and oxygen atoms in total. The third-order valence-electron chi connectivity index (χ3n) is 5.39. The van der Waals surface area contributed by atoms with E-state index in [1.807, 2.05) is 0 Å². The summed E-state index contributed by atoms with van der Waals surface area (Å²) in [4.78, 5) is 27.3. The van der Waals surface area contributed by atoms with Crippen molar-refractivity contribution in [1.29, 1.82) is 0 Å². The smallest absolute Gasteiger partial charge is 0.393 e. The number of aliphatic hydroxyl groups is 2. The quantitative estimate of drug-likeness (QED) is 0.636. The van der Waals surface area contributed by atoms with Gasteiger partial charge in [0.25, 0.3) is 11.8 Å². The fourth-order valence-corrected chi connectivity index (χ4v) is 5.07. The van der Waals surface area contributed by atoms with Crippen LogP contribution >= 0.6 is 11.3 Å². The van der Waals surface area contributed by atoms with Crippen molar-refractivity contribution in [3.63, 3.8) is 0 Å². The number of halogens is 6. The maximum atomic E-state index is 14.0. The van der Waals surface area contributed by atoms with Crippen LogP contribution in [0.5, 0.6) is 0 Å². The summed E-state index contributed by atoms with van der Waals surface area (Å²) in [6.07, 6.45) is -13.5. The van der Waals surface area contributed by atoms with Crippen molar-refractivity contribution >= 4 is 28.2 Å². The van der Waals surface area contributed by atoms with Crippen LogP contribution in [0.4, 0.5) is 31.3 Å². The van der Waals surface area contributed by atoms with Crippen LogP contribution in [0.3, 0.4) is 0 Å². The number of aliphatic hydroxyl groups excluding tert-OH is 2. The normalized spacial score (nSPS) is 20.7. The zero-order valence-corrected chi connectivity index (χ0v) is 17.6. The Morgan fingerprint density at radius 1 is 1.09 bits per heavy atom. The maximum Gasteiger partial charge on any atom is 0.418 e. The molecule has 1 fully saturated rings. The molecule has 0 saturated carbocycles. The molecule has 2 N–H and O–H groups in total. The van der Waals surface area contributed by atoms with Gasteiger partial charge < -0.3 is 20.0 Å². The van der Waals surface area contributed by atoms with Crippen molar-refractivity contribution in [1.82, 2.24) is 9.80 Å². The van der Waals surface area contributed by atoms with Gasteiger partial charge in [0.2, 0.25) is 6.35 Å². The molecular formula is C18H21F6N3O4S. The molecule has 0 aromatic carbocycles. The van der Waals surface area contributed by atoms with Gasteiger partial charge in [0, 0.05) is 26.2 Å². The number of amides is 2. The van der Waals surface area contributed by atoms with Crippen LogP contribution in [0.15, 0.2) is 0 Å². The molecule has 1 aromatic rings. The minimum Gasteiger partial charge on any atom is -0.393 e. The van der Waals surface area contributed by atoms with E-state index in [4.69, 9.17) is 0 Å². The number of nitrogens with zero attached hydrogens (tertiary/aromatic N) is 3. The molecule has 14 heteroatoms. The molecule has 0 radical (unpaired) electrons. The molecule has 0 bridgehead atoms. The Morgan fingerprint density at radius 2 is 1.69 bits per heavy atom. The highest BCUT2D eigenvalue weighted by atomic mass is 32.1. The summed E-state index contributed by atoms with van der Waals surface area (Å²) < 4.78 is 80.5. The molecule has 2 aliphatic rings. The largest absolute Gasteiger partial charge is 0.418 e. The lowest BCUT2D eigenvalue weighted by atomic mass is 10.0. The van der Waals surface area contributed by atoms with E-state index in [1.54, 1.807) is 0 Å². The monoisotopic (exact) mass is 489 g/mol. The summed E-state index contributed by atoms with van der Waals surface area (Å²) in [6, 6.07) is 0. The highest BCUT2D eigenvalue weighted by molar-refractivity contribution is 7.18. The Kier molecular flexibility index (Phi) is 6.69. The summed E-state index contributed by atoms with van der Waals surface area (Å²) in [7, 11) is 0. The van der Waals surface area contributed by atoms with E-state index in [0.717, 1.165) is 4.90 Å². The molecule has 180 valence electrons. The molecule has 1 aromatic heterocycles. The highest BCUT2D eigenvalue weighted by Crippen LogP contribution is 2.48. The van der Waals surface area contributed by atoms with Crippen LogP contribution in [0.25, 0.3) is 0 Å². The van der Waals surface area contributed by atoms with Crippen LogP contribution in [0.2, 0.25) is 0 Å². The number of carbonyl (C=O) groups is 2. The fraction of sp³-hybridized carbons (Fsp3) is 0.667. The number of hydrogen-bond acceptors (Lipinski definition) is 6. The number of fused-ring (bicyclic) bond motifs is 1. The number of thiophene rings is 1. The molecule has 0 aliphatic carbocycles. The molecule has 2 amide bonds. The van der Waals surface area contributed by atoms with E-state index < -0.39 is 70.6 Å². The Balaban J connectivity index is 2.12. The number of carbonyl (C=O) groups excluding carboxylic acids is 2. The molecule has 1 atom stereocenters. The summed E-state index contributed by atoms with van der Waals surface area (Å²) in [6.45, 7) is 0.189. The van der Waals surface area contributed by atoms with Gasteiger partial charge in [-0.3, -0.25) is 14.5 Å². The standard InChI is InChI=1S/C18H21F6N3O4S/c1-2-26-13(29)10-11(18(22,23)24)12(14(30)25-6-3-9(28)4-7-25)32-15(10)27(16(26)31)8-5-17(19,20)21/h9,16,28,31H,2-8H2,1H3. The van der Waals surface area contributed by atoms with Crippen molar-refractivity contribution in [2.24, 2.45) is 0 Å². The SMILES string of the molecule is CCN1C(=O)c2c(sc(C(=O)N3CCC(O)CC3)c2C(F)(F)F)N(CCC(F)(F)F)C1O. The second-order valence-electron chi connectivity index (χ2n) is 7.50. The van der Waals surface area contributed by atoms with E-state index >= 15 is 0 Å². The van der Waals surface area contributed by atoms with Gasteiger partial charge in [-0.15, -0.1) is 11.3 Å². The van der Waals surface area contributed by atoms with Crippen LogP contribution < -0.4 is 4.90 Å². The average molecular weight is 489 g/mol. The van der Waals surface area contributed by atoms with E-state index in [-0.39, 0.29) is 43.8 Å². The van der Waals surface area contributed by atoms with Gasteiger partial charge in [0.1, 0.15) is 9.88 Å². The summed E-state index contributed by atoms with van der Waals surface area (Å²) >= 11 is 0.247. The van der Waals surface area contributed by atoms with Gasteiger partial charge in [-0.25, -0.2) is 0 Å². The summed E-state index contributed by atoms with van der Waals surface area (Å²) in [5.41, 5.74) is -2.45. The molecule has 1 unspecified atom stereocenters. The molecule has 2 aliphatic heterocycles. The van der Waals surface area contributed by atoms with Crippen LogP contribution in [0.1, 0.15) is 51.8 Å². The Bertz CT molecular complexity index is 879. The molecule has 3 rings (SSSR count). The third-order valence-corrected chi connectivity index (χ3v) is 6.60. The fourth-order valence-electron chi connectivity index (χ4n) is 3.75. The number of alkyl halides is 6. The highest BCUT2D eigenvalue weighted by Gasteiger charge is 2.50. The zero-order valence-electron chi connectivity index (χ0n) is 16.8. The summed E-state index contributed by atoms with van der Waals surface area (Å²) in [5.74, 6) is -2.24. The number of likely N-dealkylation sites (tertiary alicyclic amines) is 1. The predicted octanol–water partition coefficient (Wildman–Crippen LogP) is 2.87. The first kappa shape index (κ1) is 24.6. The topological polar surface area (TPSA) is 84.3 Å². The minimum atomic E-state index is -5.14. The lowest BCUT2D eigenvalue weighted by Crippen LogP contribution is -2.55. The lowest BCUT2D eigenvalue weighted by Gasteiger charge is -2.41. The lowest BCUT2D eigenvalue weighted by molar-refractivity contribution is -0.139. The van der Waals surface area contributed by atoms with Crippen LogP contribution in [-0.2, 0) is 6.18 Å². The Hall–Kier alpha value is -2.06. The van der Waals surface area contributed by atoms with E-state index in [2.05, 4.69) is 0 Å². The van der Waals surface area contributed by atoms with Gasteiger partial charge in [-0.05, 0) is 19.8 Å². The van der Waals surface area contributed by atoms with Crippen molar-refractivity contribution in [3.05, 3.63) is 16.0 Å². The number of anilines is 1. The Morgan fingerprint density at radius 3 is 2.19 bits per heavy atom. The number of rotatable bonds is 4. The van der Waals surface area contributed by atoms with Gasteiger partial charge in [0.05, 0.1) is 23.7 Å². The van der Waals surface area contributed by atoms with Crippen molar-refractivity contribution in [2.75, 3.05) is 31.1 Å². The molecular weight excluding hydrogens is 468 g/mol. The van der Waals surface area contributed by atoms with Crippen LogP contribution in [-0.4, -0.2) is 76.6 Å². The molecule has 3 heterocycles. The second-order valence-corrected chi connectivity index (χ2v) is 8.50. The molecule has 0 spiro atoms. The number of piperidine rings is 1. The maximum absolute atomic E-state index is 14.0. The minimum absolute atomic E-state index is 0.00465. The van der Waals surface area contributed by atoms with Gasteiger partial charge in [0.15, 0.2) is 0 Å². The van der Waals surface area contributed by atoms with Crippen LogP contribution in [0, 0.1) is 0 Å². The second kappa shape index (κ2) is 8.71. The van der Waals surface area contributed by atoms with E-state index in [9.17, 15) is 46.1 Å². The van der Waals surface area contributed by atoms with Crippen molar-refractivity contribution in [3.8, 4) is 0 Å².